The molecule has 1 aliphatic heterocycles. The summed E-state index contributed by atoms with van der Waals surface area (Å²) in [6.45, 7) is 10.6. The van der Waals surface area contributed by atoms with Gasteiger partial charge in [-0.25, -0.2) is 0 Å². The summed E-state index contributed by atoms with van der Waals surface area (Å²) in [7, 11) is 0. The van der Waals surface area contributed by atoms with Crippen molar-refractivity contribution >= 4 is 11.4 Å². The maximum atomic E-state index is 2.71. The number of nitrogens with zero attached hydrogens (tertiary/aromatic N) is 1. The van der Waals surface area contributed by atoms with E-state index in [9.17, 15) is 0 Å². The second-order valence-corrected chi connectivity index (χ2v) is 10.3. The molecule has 152 valence electrons. The van der Waals surface area contributed by atoms with Crippen LogP contribution in [0.2, 0.25) is 0 Å². The van der Waals surface area contributed by atoms with Gasteiger partial charge in [-0.05, 0) is 64.5 Å². The molecule has 28 heavy (non-hydrogen) atoms. The molecule has 1 aromatic carbocycles. The van der Waals surface area contributed by atoms with E-state index in [1.807, 2.05) is 0 Å². The fourth-order valence-electron chi connectivity index (χ4n) is 6.09. The average molecular weight is 379 g/mol. The summed E-state index contributed by atoms with van der Waals surface area (Å²) in [5.41, 5.74) is 7.55. The number of benzene rings is 1. The fourth-order valence-corrected chi connectivity index (χ4v) is 6.09. The zero-order chi connectivity index (χ0) is 19.7. The molecule has 2 saturated carbocycles. The largest absolute Gasteiger partial charge is 0.212 e. The molecule has 1 nitrogen and oxygen atoms in total. The number of hydrogen-bond donors (Lipinski definition) is 0. The van der Waals surface area contributed by atoms with Gasteiger partial charge in [0, 0.05) is 23.6 Å². The monoisotopic (exact) mass is 378 g/mol. The smallest absolute Gasteiger partial charge is 0.195 e. The van der Waals surface area contributed by atoms with E-state index in [1.165, 1.54) is 87.6 Å². The summed E-state index contributed by atoms with van der Waals surface area (Å²) >= 11 is 0. The Labute approximate surface area is 172 Å². The molecular weight excluding hydrogens is 338 g/mol. The Morgan fingerprint density at radius 2 is 1.64 bits per heavy atom. The van der Waals surface area contributed by atoms with Crippen LogP contribution in [-0.2, 0) is 5.41 Å². The van der Waals surface area contributed by atoms with Gasteiger partial charge in [0.05, 0.1) is 5.41 Å². The van der Waals surface area contributed by atoms with E-state index in [4.69, 9.17) is 0 Å². The predicted molar refractivity (Wildman–Crippen MR) is 121 cm³/mol. The third kappa shape index (κ3) is 3.87. The molecule has 0 radical (unpaired) electrons. The van der Waals surface area contributed by atoms with Gasteiger partial charge in [-0.1, -0.05) is 56.6 Å². The van der Waals surface area contributed by atoms with Gasteiger partial charge < -0.3 is 0 Å². The number of hydrogen-bond acceptors (Lipinski definition) is 0. The molecule has 0 amide bonds. The molecule has 2 aliphatic carbocycles. The van der Waals surface area contributed by atoms with E-state index < -0.39 is 0 Å². The van der Waals surface area contributed by atoms with Gasteiger partial charge in [0.25, 0.3) is 0 Å². The summed E-state index contributed by atoms with van der Waals surface area (Å²) in [6, 6.07) is 4.83. The fraction of sp³-hybridized carbons (Fsp3) is 0.667. The predicted octanol–water partition coefficient (Wildman–Crippen LogP) is 7.40. The molecule has 0 spiro atoms. The van der Waals surface area contributed by atoms with Crippen molar-refractivity contribution in [3.8, 4) is 0 Å². The van der Waals surface area contributed by atoms with Crippen molar-refractivity contribution in [2.24, 2.45) is 11.8 Å². The van der Waals surface area contributed by atoms with E-state index in [0.717, 1.165) is 11.8 Å². The molecule has 2 fully saturated rings. The minimum atomic E-state index is 0.105. The molecule has 0 saturated heterocycles. The van der Waals surface area contributed by atoms with Crippen LogP contribution in [0.4, 0.5) is 5.69 Å². The van der Waals surface area contributed by atoms with Gasteiger partial charge >= 0.3 is 0 Å². The van der Waals surface area contributed by atoms with Crippen molar-refractivity contribution in [1.29, 1.82) is 0 Å². The standard InChI is InChI=1S/C27H40N/c1-20-18-21(2)26-24(19-20)27(3,4)25(15-14-22-12-8-9-13-22)28(26)17-16-23-10-6-5-7-11-23/h14-15,18-19,22-23H,5-13,16-17H2,1-4H3/q+1. The quantitative estimate of drug-likeness (QED) is 0.470. The molecule has 0 atom stereocenters. The highest BCUT2D eigenvalue weighted by atomic mass is 15.1. The maximum Gasteiger partial charge on any atom is 0.212 e. The second kappa shape index (κ2) is 8.17. The lowest BCUT2D eigenvalue weighted by atomic mass is 9.80. The third-order valence-electron chi connectivity index (χ3n) is 7.73. The highest BCUT2D eigenvalue weighted by Gasteiger charge is 2.45. The van der Waals surface area contributed by atoms with E-state index in [2.05, 4.69) is 56.6 Å². The van der Waals surface area contributed by atoms with Crippen LogP contribution in [-0.4, -0.2) is 16.8 Å². The Balaban J connectivity index is 1.68. The van der Waals surface area contributed by atoms with E-state index in [1.54, 1.807) is 11.3 Å². The van der Waals surface area contributed by atoms with Crippen molar-refractivity contribution in [3.63, 3.8) is 0 Å². The molecule has 0 N–H and O–H groups in total. The van der Waals surface area contributed by atoms with Crippen molar-refractivity contribution < 1.29 is 4.58 Å². The minimum Gasteiger partial charge on any atom is -0.195 e. The maximum absolute atomic E-state index is 2.71. The number of rotatable bonds is 5. The highest BCUT2D eigenvalue weighted by molar-refractivity contribution is 6.03. The lowest BCUT2D eigenvalue weighted by Gasteiger charge is -2.20. The lowest BCUT2D eigenvalue weighted by molar-refractivity contribution is -0.440. The number of allylic oxidation sites excluding steroid dienone is 2. The number of aryl methyl sites for hydroxylation is 2. The Hall–Kier alpha value is -1.37. The normalized spacial score (nSPS) is 23.1. The van der Waals surface area contributed by atoms with Gasteiger partial charge in [0.15, 0.2) is 5.71 Å². The molecule has 0 aromatic heterocycles. The van der Waals surface area contributed by atoms with E-state index in [0.29, 0.717) is 0 Å². The molecule has 0 bridgehead atoms. The Bertz CT molecular complexity index is 768. The van der Waals surface area contributed by atoms with Crippen molar-refractivity contribution in [2.75, 3.05) is 6.54 Å². The first-order chi connectivity index (χ1) is 13.5. The van der Waals surface area contributed by atoms with Crippen molar-refractivity contribution in [3.05, 3.63) is 41.0 Å². The zero-order valence-corrected chi connectivity index (χ0v) is 18.7. The van der Waals surface area contributed by atoms with Crippen LogP contribution in [0, 0.1) is 25.7 Å². The van der Waals surface area contributed by atoms with E-state index in [-0.39, 0.29) is 5.41 Å². The summed E-state index contributed by atoms with van der Waals surface area (Å²) in [5, 5.41) is 0. The Morgan fingerprint density at radius 1 is 0.964 bits per heavy atom. The van der Waals surface area contributed by atoms with Crippen molar-refractivity contribution in [2.45, 2.75) is 97.3 Å². The Morgan fingerprint density at radius 3 is 2.36 bits per heavy atom. The van der Waals surface area contributed by atoms with Crippen LogP contribution in [0.3, 0.4) is 0 Å². The third-order valence-corrected chi connectivity index (χ3v) is 7.73. The highest BCUT2D eigenvalue weighted by Crippen LogP contribution is 2.43. The van der Waals surface area contributed by atoms with Gasteiger partial charge in [-0.2, -0.15) is 4.58 Å². The first kappa shape index (κ1) is 19.9. The summed E-state index contributed by atoms with van der Waals surface area (Å²) in [4.78, 5) is 0. The molecule has 3 aliphatic rings. The average Bonchev–Trinajstić information content (AvgIpc) is 3.25. The first-order valence-electron chi connectivity index (χ1n) is 11.9. The molecule has 4 rings (SSSR count). The zero-order valence-electron chi connectivity index (χ0n) is 18.7. The van der Waals surface area contributed by atoms with Crippen LogP contribution >= 0.6 is 0 Å². The number of fused-ring (bicyclic) bond motifs is 1. The SMILES string of the molecule is Cc1cc(C)c2c(c1)C(C)(C)C(C=CC1CCCC1)=[N+]2CCC1CCCCC1. The summed E-state index contributed by atoms with van der Waals surface area (Å²) < 4.78 is 2.71. The molecule has 1 aromatic rings. The van der Waals surface area contributed by atoms with Crippen molar-refractivity contribution in [1.82, 2.24) is 0 Å². The summed E-state index contributed by atoms with van der Waals surface area (Å²) in [5.74, 6) is 1.74. The van der Waals surface area contributed by atoms with Gasteiger partial charge in [-0.15, -0.1) is 0 Å². The summed E-state index contributed by atoms with van der Waals surface area (Å²) in [6.07, 6.45) is 19.3. The minimum absolute atomic E-state index is 0.105. The Kier molecular flexibility index (Phi) is 5.81. The van der Waals surface area contributed by atoms with Crippen LogP contribution in [0.5, 0.6) is 0 Å². The lowest BCUT2D eigenvalue weighted by Crippen LogP contribution is -2.28. The van der Waals surface area contributed by atoms with Gasteiger partial charge in [-0.3, -0.25) is 0 Å². The molecule has 1 heteroatoms. The van der Waals surface area contributed by atoms with Crippen LogP contribution in [0.15, 0.2) is 24.3 Å². The van der Waals surface area contributed by atoms with Crippen LogP contribution in [0.25, 0.3) is 0 Å². The van der Waals surface area contributed by atoms with Crippen LogP contribution in [0.1, 0.15) is 94.7 Å². The van der Waals surface area contributed by atoms with E-state index >= 15 is 0 Å². The molecular formula is C27H40N+. The topological polar surface area (TPSA) is 3.01 Å². The second-order valence-electron chi connectivity index (χ2n) is 10.3. The van der Waals surface area contributed by atoms with Crippen LogP contribution < -0.4 is 0 Å². The molecule has 0 unspecified atom stereocenters. The van der Waals surface area contributed by atoms with Gasteiger partial charge in [0.1, 0.15) is 6.54 Å². The molecule has 1 heterocycles. The first-order valence-corrected chi connectivity index (χ1v) is 11.9. The van der Waals surface area contributed by atoms with Gasteiger partial charge in [0.2, 0.25) is 5.69 Å².